The van der Waals surface area contributed by atoms with Gasteiger partial charge in [-0.15, -0.1) is 10.2 Å². The van der Waals surface area contributed by atoms with Crippen molar-refractivity contribution >= 4 is 11.6 Å². The van der Waals surface area contributed by atoms with Crippen molar-refractivity contribution in [3.05, 3.63) is 60.1 Å². The maximum absolute atomic E-state index is 13.4. The van der Waals surface area contributed by atoms with E-state index < -0.39 is 30.2 Å². The molecule has 1 atom stereocenters. The number of pyridine rings is 1. The molecular formula is C16H14F2N4O2. The molecule has 0 spiro atoms. The normalized spacial score (nSPS) is 12.1. The zero-order valence-corrected chi connectivity index (χ0v) is 12.7. The second-order valence-corrected chi connectivity index (χ2v) is 5.14. The van der Waals surface area contributed by atoms with E-state index in [1.54, 1.807) is 23.6 Å². The molecule has 3 aromatic rings. The lowest BCUT2D eigenvalue weighted by molar-refractivity contribution is -0.123. The summed E-state index contributed by atoms with van der Waals surface area (Å²) in [5.74, 6) is -1.66. The molecule has 0 fully saturated rings. The number of carbonyl (C=O) groups excluding carboxylic acids is 1. The van der Waals surface area contributed by atoms with Crippen LogP contribution in [0.25, 0.3) is 5.65 Å². The van der Waals surface area contributed by atoms with E-state index in [2.05, 4.69) is 15.5 Å². The van der Waals surface area contributed by atoms with E-state index in [9.17, 15) is 13.6 Å². The van der Waals surface area contributed by atoms with Gasteiger partial charge < -0.3 is 10.1 Å². The van der Waals surface area contributed by atoms with Crippen LogP contribution in [0.15, 0.2) is 42.6 Å². The summed E-state index contributed by atoms with van der Waals surface area (Å²) >= 11 is 0. The number of benzene rings is 1. The average molecular weight is 332 g/mol. The zero-order valence-electron chi connectivity index (χ0n) is 12.7. The number of nitrogens with zero attached hydrogens (tertiary/aromatic N) is 3. The largest absolute Gasteiger partial charge is 0.481 e. The van der Waals surface area contributed by atoms with Gasteiger partial charge in [-0.25, -0.2) is 8.78 Å². The third kappa shape index (κ3) is 3.32. The quantitative estimate of drug-likeness (QED) is 0.778. The smallest absolute Gasteiger partial charge is 0.258 e. The highest BCUT2D eigenvalue weighted by Crippen LogP contribution is 2.17. The number of hydrogen-bond donors (Lipinski definition) is 1. The van der Waals surface area contributed by atoms with Gasteiger partial charge in [0.25, 0.3) is 5.91 Å². The van der Waals surface area contributed by atoms with Crippen LogP contribution in [0, 0.1) is 11.6 Å². The van der Waals surface area contributed by atoms with Gasteiger partial charge in [-0.2, -0.15) is 0 Å². The molecule has 0 radical (unpaired) electrons. The fourth-order valence-corrected chi connectivity index (χ4v) is 2.24. The van der Waals surface area contributed by atoms with Crippen LogP contribution in [0.4, 0.5) is 8.78 Å². The summed E-state index contributed by atoms with van der Waals surface area (Å²) in [6.45, 7) is 1.35. The molecule has 0 saturated heterocycles. The Balaban J connectivity index is 1.62. The van der Waals surface area contributed by atoms with Crippen molar-refractivity contribution in [2.45, 2.75) is 13.0 Å². The molecule has 2 heterocycles. The first kappa shape index (κ1) is 15.9. The number of amides is 1. The van der Waals surface area contributed by atoms with Crippen LogP contribution < -0.4 is 10.1 Å². The molecule has 24 heavy (non-hydrogen) atoms. The summed E-state index contributed by atoms with van der Waals surface area (Å²) in [7, 11) is 0. The Labute approximate surface area is 136 Å². The summed E-state index contributed by atoms with van der Waals surface area (Å²) in [5.41, 5.74) is 0.665. The molecule has 0 aliphatic carbocycles. The molecule has 0 aliphatic rings. The minimum atomic E-state index is -0.862. The number of rotatable bonds is 5. The van der Waals surface area contributed by atoms with Gasteiger partial charge >= 0.3 is 0 Å². The summed E-state index contributed by atoms with van der Waals surface area (Å²) in [6, 6.07) is 7.92. The van der Waals surface area contributed by atoms with Crippen LogP contribution in [0.3, 0.4) is 0 Å². The fourth-order valence-electron chi connectivity index (χ4n) is 2.24. The van der Waals surface area contributed by atoms with E-state index in [0.29, 0.717) is 17.5 Å². The second-order valence-electron chi connectivity index (χ2n) is 5.14. The first-order chi connectivity index (χ1) is 11.5. The maximum atomic E-state index is 13.4. The highest BCUT2D eigenvalue weighted by molar-refractivity contribution is 5.77. The van der Waals surface area contributed by atoms with E-state index >= 15 is 0 Å². The second kappa shape index (κ2) is 6.61. The molecule has 1 unspecified atom stereocenters. The van der Waals surface area contributed by atoms with Crippen LogP contribution in [-0.4, -0.2) is 27.1 Å². The van der Waals surface area contributed by atoms with Crippen molar-refractivity contribution in [3.8, 4) is 5.75 Å². The van der Waals surface area contributed by atoms with E-state index in [-0.39, 0.29) is 5.75 Å². The van der Waals surface area contributed by atoms with Crippen molar-refractivity contribution in [1.29, 1.82) is 0 Å². The van der Waals surface area contributed by atoms with Crippen molar-refractivity contribution < 1.29 is 18.3 Å². The predicted molar refractivity (Wildman–Crippen MR) is 81.4 cm³/mol. The van der Waals surface area contributed by atoms with Crippen molar-refractivity contribution in [1.82, 2.24) is 19.9 Å². The Morgan fingerprint density at radius 2 is 2.12 bits per heavy atom. The van der Waals surface area contributed by atoms with Gasteiger partial charge in [0.15, 0.2) is 29.6 Å². The molecule has 0 bridgehead atoms. The topological polar surface area (TPSA) is 68.5 Å². The first-order valence-corrected chi connectivity index (χ1v) is 7.21. The Hall–Kier alpha value is -3.03. The number of halogens is 2. The molecule has 0 aliphatic heterocycles. The summed E-state index contributed by atoms with van der Waals surface area (Å²) in [4.78, 5) is 11.9. The fraction of sp³-hybridized carbons (Fsp3) is 0.188. The number of carbonyl (C=O) groups is 1. The molecule has 1 aromatic carbocycles. The van der Waals surface area contributed by atoms with Gasteiger partial charge in [-0.05, 0) is 31.2 Å². The Bertz CT molecular complexity index is 881. The van der Waals surface area contributed by atoms with Gasteiger partial charge in [0, 0.05) is 12.3 Å². The monoisotopic (exact) mass is 332 g/mol. The van der Waals surface area contributed by atoms with E-state index in [4.69, 9.17) is 4.74 Å². The summed E-state index contributed by atoms with van der Waals surface area (Å²) in [6.07, 6.45) is 1.79. The molecule has 1 amide bonds. The zero-order chi connectivity index (χ0) is 17.1. The SMILES string of the molecule is CC(NC(=O)COc1ccc(F)cc1F)c1nnc2ccccn12. The third-order valence-electron chi connectivity index (χ3n) is 3.36. The average Bonchev–Trinajstić information content (AvgIpc) is 2.98. The molecule has 1 N–H and O–H groups in total. The molecule has 8 heteroatoms. The van der Waals surface area contributed by atoms with Gasteiger partial charge in [0.1, 0.15) is 5.82 Å². The van der Waals surface area contributed by atoms with Crippen LogP contribution >= 0.6 is 0 Å². The Morgan fingerprint density at radius 1 is 1.29 bits per heavy atom. The maximum Gasteiger partial charge on any atom is 0.258 e. The number of hydrogen-bond acceptors (Lipinski definition) is 4. The van der Waals surface area contributed by atoms with E-state index in [1.165, 1.54) is 0 Å². The first-order valence-electron chi connectivity index (χ1n) is 7.21. The molecule has 3 rings (SSSR count). The van der Waals surface area contributed by atoms with Crippen molar-refractivity contribution in [3.63, 3.8) is 0 Å². The number of ether oxygens (including phenoxy) is 1. The number of fused-ring (bicyclic) bond motifs is 1. The summed E-state index contributed by atoms with van der Waals surface area (Å²) < 4.78 is 33.1. The predicted octanol–water partition coefficient (Wildman–Crippen LogP) is 2.26. The van der Waals surface area contributed by atoms with Crippen LogP contribution in [0.2, 0.25) is 0 Å². The highest BCUT2D eigenvalue weighted by Gasteiger charge is 2.16. The lowest BCUT2D eigenvalue weighted by atomic mass is 10.3. The molecule has 0 saturated carbocycles. The van der Waals surface area contributed by atoms with Gasteiger partial charge in [-0.3, -0.25) is 9.20 Å². The lowest BCUT2D eigenvalue weighted by Crippen LogP contribution is -2.32. The highest BCUT2D eigenvalue weighted by atomic mass is 19.1. The Morgan fingerprint density at radius 3 is 2.92 bits per heavy atom. The van der Waals surface area contributed by atoms with Crippen LogP contribution in [-0.2, 0) is 4.79 Å². The Kier molecular flexibility index (Phi) is 4.37. The molecular weight excluding hydrogens is 318 g/mol. The standard InChI is InChI=1S/C16H14F2N4O2/c1-10(16-21-20-14-4-2-3-7-22(14)16)19-15(23)9-24-13-6-5-11(17)8-12(13)18/h2-8,10H,9H2,1H3,(H,19,23). The lowest BCUT2D eigenvalue weighted by Gasteiger charge is -2.13. The minimum Gasteiger partial charge on any atom is -0.481 e. The minimum absolute atomic E-state index is 0.188. The molecule has 124 valence electrons. The van der Waals surface area contributed by atoms with Gasteiger partial charge in [0.2, 0.25) is 0 Å². The van der Waals surface area contributed by atoms with Crippen molar-refractivity contribution in [2.75, 3.05) is 6.61 Å². The van der Waals surface area contributed by atoms with Gasteiger partial charge in [0.05, 0.1) is 6.04 Å². The molecule has 6 nitrogen and oxygen atoms in total. The summed E-state index contributed by atoms with van der Waals surface area (Å²) in [5, 5.41) is 10.7. The number of nitrogens with one attached hydrogen (secondary N) is 1. The van der Waals surface area contributed by atoms with E-state index in [1.807, 2.05) is 12.1 Å². The van der Waals surface area contributed by atoms with Gasteiger partial charge in [-0.1, -0.05) is 6.07 Å². The number of aromatic nitrogens is 3. The van der Waals surface area contributed by atoms with E-state index in [0.717, 1.165) is 12.1 Å². The third-order valence-corrected chi connectivity index (χ3v) is 3.36. The molecule has 2 aromatic heterocycles. The van der Waals surface area contributed by atoms with Crippen LogP contribution in [0.1, 0.15) is 18.8 Å². The van der Waals surface area contributed by atoms with Crippen molar-refractivity contribution in [2.24, 2.45) is 0 Å². The van der Waals surface area contributed by atoms with Crippen LogP contribution in [0.5, 0.6) is 5.75 Å².